The monoisotopic (exact) mass is 229 g/mol. The van der Waals surface area contributed by atoms with Crippen LogP contribution in [0.2, 0.25) is 0 Å². The van der Waals surface area contributed by atoms with E-state index < -0.39 is 0 Å². The van der Waals surface area contributed by atoms with Gasteiger partial charge in [-0.05, 0) is 24.6 Å². The first-order valence-corrected chi connectivity index (χ1v) is 5.71. The van der Waals surface area contributed by atoms with Crippen LogP contribution in [-0.4, -0.2) is 4.98 Å². The second kappa shape index (κ2) is 4.81. The van der Waals surface area contributed by atoms with E-state index in [1.165, 1.54) is 11.3 Å². The summed E-state index contributed by atoms with van der Waals surface area (Å²) in [7, 11) is 0. The summed E-state index contributed by atoms with van der Waals surface area (Å²) >= 11 is 1.46. The normalized spacial score (nSPS) is 10.8. The predicted molar refractivity (Wildman–Crippen MR) is 67.4 cm³/mol. The minimum absolute atomic E-state index is 0.670. The molecule has 0 aliphatic rings. The topological polar surface area (TPSA) is 37.6 Å². The van der Waals surface area contributed by atoms with Crippen LogP contribution in [0.3, 0.4) is 0 Å². The van der Waals surface area contributed by atoms with Crippen molar-refractivity contribution < 1.29 is 0 Å². The van der Waals surface area contributed by atoms with E-state index in [1.807, 2.05) is 36.6 Å². The Morgan fingerprint density at radius 1 is 1.25 bits per heavy atom. The molecule has 1 heterocycles. The van der Waals surface area contributed by atoms with Gasteiger partial charge in [0.25, 0.3) is 0 Å². The number of azo groups is 1. The number of hydrogen-bond acceptors (Lipinski definition) is 4. The van der Waals surface area contributed by atoms with Gasteiger partial charge >= 0.3 is 0 Å². The molecule has 0 aliphatic carbocycles. The number of rotatable bonds is 3. The van der Waals surface area contributed by atoms with Gasteiger partial charge < -0.3 is 0 Å². The third kappa shape index (κ3) is 2.61. The van der Waals surface area contributed by atoms with Gasteiger partial charge in [0.1, 0.15) is 0 Å². The molecule has 0 atom stereocenters. The van der Waals surface area contributed by atoms with Crippen molar-refractivity contribution in [1.82, 2.24) is 4.98 Å². The van der Waals surface area contributed by atoms with Gasteiger partial charge in [0, 0.05) is 11.6 Å². The van der Waals surface area contributed by atoms with Crippen LogP contribution in [-0.2, 0) is 0 Å². The third-order valence-corrected chi connectivity index (χ3v) is 2.69. The lowest BCUT2D eigenvalue weighted by Gasteiger charge is -1.98. The van der Waals surface area contributed by atoms with E-state index in [0.717, 1.165) is 16.8 Å². The summed E-state index contributed by atoms with van der Waals surface area (Å²) < 4.78 is 0. The highest BCUT2D eigenvalue weighted by atomic mass is 32.1. The van der Waals surface area contributed by atoms with Crippen LogP contribution < -0.4 is 0 Å². The van der Waals surface area contributed by atoms with E-state index in [9.17, 15) is 0 Å². The third-order valence-electron chi connectivity index (χ3n) is 2.03. The molecule has 0 spiro atoms. The van der Waals surface area contributed by atoms with E-state index in [4.69, 9.17) is 0 Å². The van der Waals surface area contributed by atoms with E-state index in [1.54, 1.807) is 6.20 Å². The summed E-state index contributed by atoms with van der Waals surface area (Å²) in [6.07, 6.45) is 1.71. The number of benzene rings is 1. The molecular formula is C12H11N3S. The van der Waals surface area contributed by atoms with E-state index >= 15 is 0 Å². The van der Waals surface area contributed by atoms with Crippen LogP contribution in [0.25, 0.3) is 5.57 Å². The maximum absolute atomic E-state index is 4.09. The molecule has 2 aromatic rings. The summed E-state index contributed by atoms with van der Waals surface area (Å²) in [5.41, 5.74) is 2.98. The SMILES string of the molecule is C=C(C)c1ccc(N=Nc2nccs2)cc1. The molecule has 2 rings (SSSR count). The van der Waals surface area contributed by atoms with Crippen molar-refractivity contribution >= 4 is 27.7 Å². The molecule has 80 valence electrons. The zero-order valence-electron chi connectivity index (χ0n) is 8.92. The molecule has 16 heavy (non-hydrogen) atoms. The fourth-order valence-electron chi connectivity index (χ4n) is 1.18. The molecule has 0 radical (unpaired) electrons. The van der Waals surface area contributed by atoms with Crippen LogP contribution in [0.5, 0.6) is 0 Å². The molecule has 0 saturated heterocycles. The van der Waals surface area contributed by atoms with E-state index in [2.05, 4.69) is 21.8 Å². The van der Waals surface area contributed by atoms with Gasteiger partial charge in [-0.3, -0.25) is 0 Å². The minimum atomic E-state index is 0.670. The Labute approximate surface area is 98.2 Å². The molecular weight excluding hydrogens is 218 g/mol. The molecule has 1 aromatic carbocycles. The first-order chi connectivity index (χ1) is 7.75. The Morgan fingerprint density at radius 2 is 2.00 bits per heavy atom. The summed E-state index contributed by atoms with van der Waals surface area (Å²) in [6.45, 7) is 5.86. The summed E-state index contributed by atoms with van der Waals surface area (Å²) in [6, 6.07) is 7.80. The molecule has 0 fully saturated rings. The average Bonchev–Trinajstić information content (AvgIpc) is 2.80. The molecule has 0 amide bonds. The van der Waals surface area contributed by atoms with Crippen molar-refractivity contribution in [2.75, 3.05) is 0 Å². The maximum Gasteiger partial charge on any atom is 0.229 e. The van der Waals surface area contributed by atoms with Gasteiger partial charge in [-0.2, -0.15) is 0 Å². The first kappa shape index (κ1) is 10.7. The summed E-state index contributed by atoms with van der Waals surface area (Å²) in [5.74, 6) is 0. The fraction of sp³-hybridized carbons (Fsp3) is 0.0833. The number of aromatic nitrogens is 1. The van der Waals surface area contributed by atoms with Crippen LogP contribution in [0.1, 0.15) is 12.5 Å². The van der Waals surface area contributed by atoms with Crippen molar-refractivity contribution in [1.29, 1.82) is 0 Å². The highest BCUT2D eigenvalue weighted by Gasteiger charge is 1.94. The van der Waals surface area contributed by atoms with Gasteiger partial charge in [0.2, 0.25) is 5.13 Å². The van der Waals surface area contributed by atoms with Gasteiger partial charge in [0.05, 0.1) is 5.69 Å². The van der Waals surface area contributed by atoms with Crippen LogP contribution in [0.4, 0.5) is 10.8 Å². The smallest absolute Gasteiger partial charge is 0.226 e. The summed E-state index contributed by atoms with van der Waals surface area (Å²) in [5, 5.41) is 10.7. The molecule has 0 N–H and O–H groups in total. The second-order valence-electron chi connectivity index (χ2n) is 3.34. The van der Waals surface area contributed by atoms with Gasteiger partial charge in [-0.25, -0.2) is 4.98 Å². The maximum atomic E-state index is 4.09. The van der Waals surface area contributed by atoms with Crippen molar-refractivity contribution in [3.05, 3.63) is 48.0 Å². The van der Waals surface area contributed by atoms with E-state index in [0.29, 0.717) is 5.13 Å². The molecule has 4 heteroatoms. The molecule has 0 bridgehead atoms. The zero-order valence-corrected chi connectivity index (χ0v) is 9.74. The van der Waals surface area contributed by atoms with Crippen molar-refractivity contribution in [2.24, 2.45) is 10.2 Å². The number of thiazole rings is 1. The quantitative estimate of drug-likeness (QED) is 0.709. The number of nitrogens with zero attached hydrogens (tertiary/aromatic N) is 3. The van der Waals surface area contributed by atoms with Crippen LogP contribution in [0, 0.1) is 0 Å². The van der Waals surface area contributed by atoms with Crippen molar-refractivity contribution in [3.63, 3.8) is 0 Å². The van der Waals surface area contributed by atoms with Gasteiger partial charge in [-0.1, -0.05) is 24.3 Å². The Morgan fingerprint density at radius 3 is 2.56 bits per heavy atom. The largest absolute Gasteiger partial charge is 0.229 e. The van der Waals surface area contributed by atoms with Crippen LogP contribution in [0.15, 0.2) is 52.6 Å². The minimum Gasteiger partial charge on any atom is -0.226 e. The molecule has 3 nitrogen and oxygen atoms in total. The van der Waals surface area contributed by atoms with Gasteiger partial charge in [0.15, 0.2) is 0 Å². The first-order valence-electron chi connectivity index (χ1n) is 4.83. The Hall–Kier alpha value is -1.81. The number of allylic oxidation sites excluding steroid dienone is 1. The molecule has 0 aliphatic heterocycles. The number of hydrogen-bond donors (Lipinski definition) is 0. The van der Waals surface area contributed by atoms with Gasteiger partial charge in [-0.15, -0.1) is 21.6 Å². The molecule has 0 unspecified atom stereocenters. The Balaban J connectivity index is 2.14. The molecule has 0 saturated carbocycles. The summed E-state index contributed by atoms with van der Waals surface area (Å²) in [4.78, 5) is 4.02. The zero-order chi connectivity index (χ0) is 11.4. The standard InChI is InChI=1S/C12H11N3S/c1-9(2)10-3-5-11(6-4-10)14-15-12-13-7-8-16-12/h3-8H,1H2,2H3. The lowest BCUT2D eigenvalue weighted by atomic mass is 10.1. The van der Waals surface area contributed by atoms with Crippen molar-refractivity contribution in [2.45, 2.75) is 6.92 Å². The Kier molecular flexibility index (Phi) is 3.22. The van der Waals surface area contributed by atoms with E-state index in [-0.39, 0.29) is 0 Å². The average molecular weight is 229 g/mol. The highest BCUT2D eigenvalue weighted by molar-refractivity contribution is 7.13. The highest BCUT2D eigenvalue weighted by Crippen LogP contribution is 2.21. The lowest BCUT2D eigenvalue weighted by molar-refractivity contribution is 1.20. The molecule has 1 aromatic heterocycles. The van der Waals surface area contributed by atoms with Crippen LogP contribution >= 0.6 is 11.3 Å². The predicted octanol–water partition coefficient (Wildman–Crippen LogP) is 4.59. The fourth-order valence-corrected chi connectivity index (χ4v) is 1.63. The second-order valence-corrected chi connectivity index (χ2v) is 4.21. The van der Waals surface area contributed by atoms with Crippen molar-refractivity contribution in [3.8, 4) is 0 Å². The lowest BCUT2D eigenvalue weighted by Crippen LogP contribution is -1.74. The Bertz CT molecular complexity index is 498.